The lowest BCUT2D eigenvalue weighted by Crippen LogP contribution is -2.32. The molecular weight excluding hydrogens is 266 g/mol. The van der Waals surface area contributed by atoms with Gasteiger partial charge in [-0.05, 0) is 31.4 Å². The molecule has 0 saturated carbocycles. The third-order valence-electron chi connectivity index (χ3n) is 3.38. The maximum atomic E-state index is 6.07. The van der Waals surface area contributed by atoms with Gasteiger partial charge in [-0.15, -0.1) is 11.3 Å². The Kier molecular flexibility index (Phi) is 3.41. The molecule has 0 aliphatic heterocycles. The van der Waals surface area contributed by atoms with E-state index in [-0.39, 0.29) is 0 Å². The van der Waals surface area contributed by atoms with Gasteiger partial charge in [0.15, 0.2) is 0 Å². The highest BCUT2D eigenvalue weighted by molar-refractivity contribution is 7.16. The summed E-state index contributed by atoms with van der Waals surface area (Å²) >= 11 is 7.80. The van der Waals surface area contributed by atoms with Gasteiger partial charge < -0.3 is 9.88 Å². The first-order valence-corrected chi connectivity index (χ1v) is 7.41. The van der Waals surface area contributed by atoms with E-state index in [9.17, 15) is 0 Å². The van der Waals surface area contributed by atoms with Crippen LogP contribution in [0, 0.1) is 0 Å². The number of hydrogen-bond donors (Lipinski definition) is 1. The SMILES string of the molecule is CC(Cn1ccnc1)NC1CCc2sc(Cl)cc21. The third-order valence-corrected chi connectivity index (χ3v) is 4.72. The quantitative estimate of drug-likeness (QED) is 0.932. The van der Waals surface area contributed by atoms with Crippen molar-refractivity contribution in [1.29, 1.82) is 0 Å². The van der Waals surface area contributed by atoms with E-state index >= 15 is 0 Å². The van der Waals surface area contributed by atoms with Crippen LogP contribution in [0.5, 0.6) is 0 Å². The fourth-order valence-corrected chi connectivity index (χ4v) is 3.97. The highest BCUT2D eigenvalue weighted by Gasteiger charge is 2.25. The lowest BCUT2D eigenvalue weighted by atomic mass is 10.1. The van der Waals surface area contributed by atoms with Crippen LogP contribution in [0.4, 0.5) is 0 Å². The summed E-state index contributed by atoms with van der Waals surface area (Å²) in [6.07, 6.45) is 8.02. The van der Waals surface area contributed by atoms with Crippen LogP contribution in [0.1, 0.15) is 29.8 Å². The summed E-state index contributed by atoms with van der Waals surface area (Å²) in [4.78, 5) is 5.52. The fourth-order valence-electron chi connectivity index (χ4n) is 2.61. The van der Waals surface area contributed by atoms with E-state index in [1.807, 2.05) is 18.7 Å². The molecule has 2 unspecified atom stereocenters. The molecule has 0 amide bonds. The number of thiophene rings is 1. The van der Waals surface area contributed by atoms with Crippen molar-refractivity contribution in [3.8, 4) is 0 Å². The molecule has 2 aromatic rings. The number of aromatic nitrogens is 2. The van der Waals surface area contributed by atoms with E-state index in [1.165, 1.54) is 16.9 Å². The topological polar surface area (TPSA) is 29.9 Å². The lowest BCUT2D eigenvalue weighted by molar-refractivity contribution is 0.412. The first-order valence-electron chi connectivity index (χ1n) is 6.22. The zero-order valence-electron chi connectivity index (χ0n) is 10.3. The van der Waals surface area contributed by atoms with Crippen molar-refractivity contribution < 1.29 is 0 Å². The predicted molar refractivity (Wildman–Crippen MR) is 75.2 cm³/mol. The molecule has 2 aromatic heterocycles. The van der Waals surface area contributed by atoms with Gasteiger partial charge in [-0.3, -0.25) is 0 Å². The van der Waals surface area contributed by atoms with E-state index in [2.05, 4.69) is 27.9 Å². The number of halogens is 1. The van der Waals surface area contributed by atoms with Gasteiger partial charge in [-0.1, -0.05) is 11.6 Å². The lowest BCUT2D eigenvalue weighted by Gasteiger charge is -2.20. The van der Waals surface area contributed by atoms with Crippen molar-refractivity contribution >= 4 is 22.9 Å². The van der Waals surface area contributed by atoms with Crippen molar-refractivity contribution in [3.05, 3.63) is 39.6 Å². The molecule has 5 heteroatoms. The van der Waals surface area contributed by atoms with Crippen molar-refractivity contribution in [2.45, 2.75) is 38.4 Å². The average molecular weight is 282 g/mol. The Hall–Kier alpha value is -0.840. The van der Waals surface area contributed by atoms with Gasteiger partial charge >= 0.3 is 0 Å². The molecule has 18 heavy (non-hydrogen) atoms. The summed E-state index contributed by atoms with van der Waals surface area (Å²) < 4.78 is 3.02. The summed E-state index contributed by atoms with van der Waals surface area (Å²) in [5, 5.41) is 3.69. The Morgan fingerprint density at radius 3 is 3.33 bits per heavy atom. The van der Waals surface area contributed by atoms with E-state index in [1.54, 1.807) is 11.3 Å². The summed E-state index contributed by atoms with van der Waals surface area (Å²) in [6.45, 7) is 3.16. The highest BCUT2D eigenvalue weighted by Crippen LogP contribution is 2.39. The van der Waals surface area contributed by atoms with Crippen molar-refractivity contribution in [2.24, 2.45) is 0 Å². The van der Waals surface area contributed by atoms with Crippen molar-refractivity contribution in [1.82, 2.24) is 14.9 Å². The molecular formula is C13H16ClN3S. The molecule has 0 spiro atoms. The smallest absolute Gasteiger partial charge is 0.0946 e. The van der Waals surface area contributed by atoms with Crippen LogP contribution in [0.2, 0.25) is 4.34 Å². The molecule has 2 heterocycles. The first-order chi connectivity index (χ1) is 8.72. The number of nitrogens with one attached hydrogen (secondary N) is 1. The predicted octanol–water partition coefficient (Wildman–Crippen LogP) is 3.26. The Morgan fingerprint density at radius 1 is 1.67 bits per heavy atom. The molecule has 2 atom stereocenters. The average Bonchev–Trinajstić information content (AvgIpc) is 2.98. The number of rotatable bonds is 4. The van der Waals surface area contributed by atoms with E-state index in [0.29, 0.717) is 12.1 Å². The Morgan fingerprint density at radius 2 is 2.56 bits per heavy atom. The van der Waals surface area contributed by atoms with E-state index in [4.69, 9.17) is 11.6 Å². The Labute approximate surface area is 116 Å². The summed E-state index contributed by atoms with van der Waals surface area (Å²) in [5.41, 5.74) is 1.41. The monoisotopic (exact) mass is 281 g/mol. The number of fused-ring (bicyclic) bond motifs is 1. The van der Waals surface area contributed by atoms with Crippen LogP contribution < -0.4 is 5.32 Å². The molecule has 96 valence electrons. The second kappa shape index (κ2) is 5.03. The standard InChI is InChI=1S/C13H16ClN3S/c1-9(7-17-5-4-15-8-17)16-11-2-3-12-10(11)6-13(14)18-12/h4-6,8-9,11,16H,2-3,7H2,1H3. The maximum absolute atomic E-state index is 6.07. The van der Waals surface area contributed by atoms with Gasteiger partial charge in [0.1, 0.15) is 0 Å². The van der Waals surface area contributed by atoms with Gasteiger partial charge in [0.2, 0.25) is 0 Å². The number of imidazole rings is 1. The van der Waals surface area contributed by atoms with Crippen LogP contribution in [0.25, 0.3) is 0 Å². The first kappa shape index (κ1) is 12.2. The molecule has 0 bridgehead atoms. The van der Waals surface area contributed by atoms with Crippen LogP contribution in [0.15, 0.2) is 24.8 Å². The summed E-state index contributed by atoms with van der Waals surface area (Å²) in [6, 6.07) is 3.01. The van der Waals surface area contributed by atoms with Gasteiger partial charge in [0, 0.05) is 35.9 Å². The minimum Gasteiger partial charge on any atom is -0.336 e. The molecule has 1 aliphatic carbocycles. The summed E-state index contributed by atoms with van der Waals surface area (Å²) in [7, 11) is 0. The largest absolute Gasteiger partial charge is 0.336 e. The molecule has 3 nitrogen and oxygen atoms in total. The van der Waals surface area contributed by atoms with E-state index in [0.717, 1.165) is 17.3 Å². The molecule has 0 radical (unpaired) electrons. The van der Waals surface area contributed by atoms with Gasteiger partial charge in [0.05, 0.1) is 10.7 Å². The Bertz CT molecular complexity index is 520. The van der Waals surface area contributed by atoms with E-state index < -0.39 is 0 Å². The van der Waals surface area contributed by atoms with Crippen LogP contribution >= 0.6 is 22.9 Å². The summed E-state index contributed by atoms with van der Waals surface area (Å²) in [5.74, 6) is 0. The maximum Gasteiger partial charge on any atom is 0.0946 e. The zero-order chi connectivity index (χ0) is 12.5. The number of hydrogen-bond acceptors (Lipinski definition) is 3. The van der Waals surface area contributed by atoms with Gasteiger partial charge in [-0.25, -0.2) is 4.98 Å². The molecule has 1 N–H and O–H groups in total. The zero-order valence-corrected chi connectivity index (χ0v) is 11.8. The van der Waals surface area contributed by atoms with Crippen LogP contribution in [-0.2, 0) is 13.0 Å². The minimum absolute atomic E-state index is 0.425. The molecule has 3 rings (SSSR count). The van der Waals surface area contributed by atoms with Crippen LogP contribution in [-0.4, -0.2) is 15.6 Å². The highest BCUT2D eigenvalue weighted by atomic mass is 35.5. The van der Waals surface area contributed by atoms with Crippen molar-refractivity contribution in [2.75, 3.05) is 0 Å². The number of nitrogens with zero attached hydrogens (tertiary/aromatic N) is 2. The van der Waals surface area contributed by atoms with Crippen molar-refractivity contribution in [3.63, 3.8) is 0 Å². The minimum atomic E-state index is 0.425. The van der Waals surface area contributed by atoms with Gasteiger partial charge in [-0.2, -0.15) is 0 Å². The van der Waals surface area contributed by atoms with Gasteiger partial charge in [0.25, 0.3) is 0 Å². The molecule has 0 fully saturated rings. The molecule has 1 aliphatic rings. The fraction of sp³-hybridized carbons (Fsp3) is 0.462. The Balaban J connectivity index is 1.63. The molecule has 0 aromatic carbocycles. The van der Waals surface area contributed by atoms with Crippen LogP contribution in [0.3, 0.4) is 0 Å². The molecule has 0 saturated heterocycles. The second-order valence-corrected chi connectivity index (χ2v) is 6.62. The second-order valence-electron chi connectivity index (χ2n) is 4.85. The number of aryl methyl sites for hydroxylation is 1. The third kappa shape index (κ3) is 2.46. The normalized spacial score (nSPS) is 20.0.